The van der Waals surface area contributed by atoms with Crippen LogP contribution < -0.4 is 5.32 Å². The maximum Gasteiger partial charge on any atom is 0.309 e. The van der Waals surface area contributed by atoms with Crippen LogP contribution in [0.1, 0.15) is 56.9 Å². The summed E-state index contributed by atoms with van der Waals surface area (Å²) in [7, 11) is 0. The molecular formula is C20H27N3O3. The molecule has 1 amide bonds. The molecule has 1 aromatic rings. The van der Waals surface area contributed by atoms with Crippen LogP contribution in [0.25, 0.3) is 0 Å². The molecule has 0 bridgehead atoms. The van der Waals surface area contributed by atoms with Crippen LogP contribution in [0.5, 0.6) is 0 Å². The Labute approximate surface area is 154 Å². The summed E-state index contributed by atoms with van der Waals surface area (Å²) in [5.41, 5.74) is 0.522. The van der Waals surface area contributed by atoms with E-state index >= 15 is 0 Å². The maximum atomic E-state index is 12.5. The molecule has 2 saturated carbocycles. The second-order valence-electron chi connectivity index (χ2n) is 8.64. The van der Waals surface area contributed by atoms with E-state index in [1.807, 2.05) is 6.92 Å². The van der Waals surface area contributed by atoms with Gasteiger partial charge in [0.15, 0.2) is 0 Å². The lowest BCUT2D eigenvalue weighted by Gasteiger charge is -2.54. The summed E-state index contributed by atoms with van der Waals surface area (Å²) in [4.78, 5) is 32.8. The first-order chi connectivity index (χ1) is 12.4. The molecule has 0 radical (unpaired) electrons. The van der Waals surface area contributed by atoms with Gasteiger partial charge >= 0.3 is 5.97 Å². The Morgan fingerprint density at radius 1 is 1.27 bits per heavy atom. The number of amides is 1. The Balaban J connectivity index is 1.54. The SMILES string of the molecule is C[C@@H]1[C@@H]2[C@@H]3OC(=O)[C@@H](C)[C@@H]3CC[C@]2(C)CC[C@@H]1NC(=O)c1cnccn1. The Kier molecular flexibility index (Phi) is 4.24. The highest BCUT2D eigenvalue weighted by molar-refractivity contribution is 5.92. The van der Waals surface area contributed by atoms with Crippen LogP contribution in [0.3, 0.4) is 0 Å². The smallest absolute Gasteiger partial charge is 0.309 e. The zero-order chi connectivity index (χ0) is 18.5. The van der Waals surface area contributed by atoms with Gasteiger partial charge in [-0.2, -0.15) is 0 Å². The third-order valence-electron chi connectivity index (χ3n) is 7.24. The molecule has 6 heteroatoms. The minimum atomic E-state index is -0.178. The minimum Gasteiger partial charge on any atom is -0.462 e. The summed E-state index contributed by atoms with van der Waals surface area (Å²) in [6.45, 7) is 6.53. The fraction of sp³-hybridized carbons (Fsp3) is 0.700. The van der Waals surface area contributed by atoms with Crippen molar-refractivity contribution < 1.29 is 14.3 Å². The summed E-state index contributed by atoms with van der Waals surface area (Å²) >= 11 is 0. The number of hydrogen-bond donors (Lipinski definition) is 1. The highest BCUT2D eigenvalue weighted by Crippen LogP contribution is 2.57. The van der Waals surface area contributed by atoms with Crippen molar-refractivity contribution in [3.05, 3.63) is 24.3 Å². The third-order valence-corrected chi connectivity index (χ3v) is 7.24. The van der Waals surface area contributed by atoms with E-state index in [1.54, 1.807) is 6.20 Å². The fourth-order valence-electron chi connectivity index (χ4n) is 5.69. The van der Waals surface area contributed by atoms with Crippen LogP contribution in [0.15, 0.2) is 18.6 Å². The van der Waals surface area contributed by atoms with Crippen molar-refractivity contribution in [3.8, 4) is 0 Å². The Bertz CT molecular complexity index is 710. The van der Waals surface area contributed by atoms with Crippen LogP contribution in [-0.4, -0.2) is 34.0 Å². The van der Waals surface area contributed by atoms with E-state index in [2.05, 4.69) is 29.1 Å². The van der Waals surface area contributed by atoms with Crippen molar-refractivity contribution in [2.75, 3.05) is 0 Å². The zero-order valence-electron chi connectivity index (χ0n) is 15.6. The molecule has 2 aliphatic carbocycles. The first kappa shape index (κ1) is 17.4. The number of nitrogens with zero attached hydrogens (tertiary/aromatic N) is 2. The summed E-state index contributed by atoms with van der Waals surface area (Å²) < 4.78 is 5.85. The van der Waals surface area contributed by atoms with Crippen LogP contribution in [0.4, 0.5) is 0 Å². The first-order valence-electron chi connectivity index (χ1n) is 9.68. The number of carbonyl (C=O) groups is 2. The van der Waals surface area contributed by atoms with E-state index in [9.17, 15) is 9.59 Å². The standard InChI is InChI=1S/C20H27N3O3/c1-11-13-4-6-20(3)7-5-14(12(2)16(20)17(13)26-19(11)25)23-18(24)15-10-21-8-9-22-15/h8-14,16-17H,4-7H2,1-3H3,(H,23,24)/t11-,12-,13-,14-,16+,17+,20+/m0/s1. The molecule has 3 aliphatic rings. The largest absolute Gasteiger partial charge is 0.462 e. The van der Waals surface area contributed by atoms with E-state index in [-0.39, 0.29) is 47.2 Å². The molecule has 7 atom stereocenters. The maximum absolute atomic E-state index is 12.5. The summed E-state index contributed by atoms with van der Waals surface area (Å²) in [6, 6.07) is 0.0657. The van der Waals surface area contributed by atoms with Crippen LogP contribution in [0, 0.1) is 29.1 Å². The number of fused-ring (bicyclic) bond motifs is 3. The van der Waals surface area contributed by atoms with E-state index in [1.165, 1.54) is 12.4 Å². The lowest BCUT2D eigenvalue weighted by molar-refractivity contribution is -0.153. The van der Waals surface area contributed by atoms with E-state index in [0.29, 0.717) is 11.6 Å². The first-order valence-corrected chi connectivity index (χ1v) is 9.68. The van der Waals surface area contributed by atoms with Crippen LogP contribution in [0.2, 0.25) is 0 Å². The quantitative estimate of drug-likeness (QED) is 0.823. The summed E-state index contributed by atoms with van der Waals surface area (Å²) in [5, 5.41) is 3.16. The second kappa shape index (κ2) is 6.32. The monoisotopic (exact) mass is 357 g/mol. The molecule has 1 saturated heterocycles. The highest BCUT2D eigenvalue weighted by Gasteiger charge is 2.58. The molecule has 2 heterocycles. The summed E-state index contributed by atoms with van der Waals surface area (Å²) in [5.74, 6) is 0.616. The van der Waals surface area contributed by atoms with Gasteiger partial charge in [-0.05, 0) is 37.0 Å². The summed E-state index contributed by atoms with van der Waals surface area (Å²) in [6.07, 6.45) is 8.75. The van der Waals surface area contributed by atoms with Gasteiger partial charge in [-0.3, -0.25) is 14.6 Å². The average Bonchev–Trinajstić information content (AvgIpc) is 2.92. The highest BCUT2D eigenvalue weighted by atomic mass is 16.6. The molecule has 1 N–H and O–H groups in total. The number of ether oxygens (including phenoxy) is 1. The van der Waals surface area contributed by atoms with Gasteiger partial charge in [0.05, 0.1) is 12.1 Å². The number of nitrogens with one attached hydrogen (secondary N) is 1. The lowest BCUT2D eigenvalue weighted by Crippen LogP contribution is -2.57. The number of rotatable bonds is 2. The van der Waals surface area contributed by atoms with Gasteiger partial charge in [0.1, 0.15) is 11.8 Å². The van der Waals surface area contributed by atoms with Gasteiger partial charge in [-0.1, -0.05) is 20.8 Å². The molecule has 0 aromatic carbocycles. The number of hydrogen-bond acceptors (Lipinski definition) is 5. The molecule has 4 rings (SSSR count). The Morgan fingerprint density at radius 2 is 2.04 bits per heavy atom. The molecule has 3 fully saturated rings. The predicted molar refractivity (Wildman–Crippen MR) is 95.0 cm³/mol. The molecule has 1 aromatic heterocycles. The Morgan fingerprint density at radius 3 is 2.77 bits per heavy atom. The molecule has 0 spiro atoms. The number of esters is 1. The molecule has 6 nitrogen and oxygen atoms in total. The topological polar surface area (TPSA) is 81.2 Å². The van der Waals surface area contributed by atoms with Gasteiger partial charge in [0, 0.05) is 30.3 Å². The normalized spacial score (nSPS) is 41.7. The molecule has 26 heavy (non-hydrogen) atoms. The van der Waals surface area contributed by atoms with E-state index in [0.717, 1.165) is 25.7 Å². The molecule has 1 aliphatic heterocycles. The van der Waals surface area contributed by atoms with Gasteiger partial charge < -0.3 is 10.1 Å². The minimum absolute atomic E-state index is 0.00805. The van der Waals surface area contributed by atoms with Gasteiger partial charge in [-0.15, -0.1) is 0 Å². The van der Waals surface area contributed by atoms with E-state index in [4.69, 9.17) is 4.74 Å². The van der Waals surface area contributed by atoms with Crippen molar-refractivity contribution in [1.82, 2.24) is 15.3 Å². The average molecular weight is 357 g/mol. The fourth-order valence-corrected chi connectivity index (χ4v) is 5.69. The zero-order valence-corrected chi connectivity index (χ0v) is 15.6. The van der Waals surface area contributed by atoms with E-state index < -0.39 is 0 Å². The molecule has 140 valence electrons. The molecular weight excluding hydrogens is 330 g/mol. The second-order valence-corrected chi connectivity index (χ2v) is 8.64. The van der Waals surface area contributed by atoms with Crippen molar-refractivity contribution in [2.45, 2.75) is 58.6 Å². The van der Waals surface area contributed by atoms with Gasteiger partial charge in [0.25, 0.3) is 5.91 Å². The van der Waals surface area contributed by atoms with Crippen molar-refractivity contribution in [2.24, 2.45) is 29.1 Å². The van der Waals surface area contributed by atoms with Crippen molar-refractivity contribution >= 4 is 11.9 Å². The van der Waals surface area contributed by atoms with Crippen molar-refractivity contribution in [1.29, 1.82) is 0 Å². The number of carbonyl (C=O) groups excluding carboxylic acids is 2. The predicted octanol–water partition coefficient (Wildman–Crippen LogP) is 2.60. The Hall–Kier alpha value is -1.98. The van der Waals surface area contributed by atoms with Crippen LogP contribution >= 0.6 is 0 Å². The van der Waals surface area contributed by atoms with Crippen LogP contribution in [-0.2, 0) is 9.53 Å². The molecule has 0 unspecified atom stereocenters. The lowest BCUT2D eigenvalue weighted by atomic mass is 9.52. The third kappa shape index (κ3) is 2.70. The van der Waals surface area contributed by atoms with Gasteiger partial charge in [-0.25, -0.2) is 4.98 Å². The number of aromatic nitrogens is 2. The van der Waals surface area contributed by atoms with Crippen molar-refractivity contribution in [3.63, 3.8) is 0 Å². The van der Waals surface area contributed by atoms with Gasteiger partial charge in [0.2, 0.25) is 0 Å².